The highest BCUT2D eigenvalue weighted by Gasteiger charge is 2.28. The van der Waals surface area contributed by atoms with E-state index in [-0.39, 0.29) is 17.7 Å². The van der Waals surface area contributed by atoms with Crippen LogP contribution in [0.2, 0.25) is 0 Å². The van der Waals surface area contributed by atoms with Gasteiger partial charge in [0.25, 0.3) is 0 Å². The number of methoxy groups -OCH3 is 1. The molecule has 1 aromatic heterocycles. The Morgan fingerprint density at radius 1 is 1.54 bits per heavy atom. The summed E-state index contributed by atoms with van der Waals surface area (Å²) < 4.78 is 10.3. The Hall–Kier alpha value is -2.98. The molecule has 0 aliphatic carbocycles. The maximum Gasteiger partial charge on any atom is 0.433 e. The van der Waals surface area contributed by atoms with E-state index in [9.17, 15) is 15.2 Å². The molecule has 0 spiro atoms. The quantitative estimate of drug-likeness (QED) is 0.527. The van der Waals surface area contributed by atoms with Gasteiger partial charge in [-0.3, -0.25) is 15.0 Å². The van der Waals surface area contributed by atoms with E-state index in [2.05, 4.69) is 5.92 Å². The first-order valence-corrected chi connectivity index (χ1v) is 7.36. The number of benzene rings is 1. The summed E-state index contributed by atoms with van der Waals surface area (Å²) in [6, 6.07) is 5.97. The number of hydrogen-bond acceptors (Lipinski definition) is 6. The zero-order chi connectivity index (χ0) is 17.3. The van der Waals surface area contributed by atoms with Crippen molar-refractivity contribution in [1.29, 1.82) is 0 Å². The van der Waals surface area contributed by atoms with E-state index in [1.54, 1.807) is 18.2 Å². The number of rotatable bonds is 4. The van der Waals surface area contributed by atoms with Crippen molar-refractivity contribution in [3.05, 3.63) is 51.3 Å². The molecule has 0 fully saturated rings. The number of nitro groups is 1. The van der Waals surface area contributed by atoms with Gasteiger partial charge in [-0.15, -0.1) is 6.42 Å². The largest absolute Gasteiger partial charge is 0.504 e. The molecule has 0 amide bonds. The van der Waals surface area contributed by atoms with E-state index in [4.69, 9.17) is 15.6 Å². The molecule has 1 atom stereocenters. The summed E-state index contributed by atoms with van der Waals surface area (Å²) >= 11 is 0. The number of terminal acetylenes is 1. The van der Waals surface area contributed by atoms with Crippen molar-refractivity contribution in [2.75, 3.05) is 13.7 Å². The third-order valence-electron chi connectivity index (χ3n) is 4.11. The SMILES string of the molecule is C#CC1c2cc(O)c(OC)cc2CCN1Cc1ccc([N+](=O)[O-])o1. The fourth-order valence-corrected chi connectivity index (χ4v) is 2.97. The molecule has 3 rings (SSSR count). The minimum atomic E-state index is -0.571. The van der Waals surface area contributed by atoms with Crippen LogP contribution in [0.3, 0.4) is 0 Å². The summed E-state index contributed by atoms with van der Waals surface area (Å²) in [7, 11) is 1.50. The van der Waals surface area contributed by atoms with Crippen molar-refractivity contribution in [2.45, 2.75) is 19.0 Å². The van der Waals surface area contributed by atoms with Crippen LogP contribution in [0.15, 0.2) is 28.7 Å². The normalized spacial score (nSPS) is 17.1. The second-order valence-electron chi connectivity index (χ2n) is 5.51. The van der Waals surface area contributed by atoms with Crippen molar-refractivity contribution in [3.8, 4) is 23.8 Å². The van der Waals surface area contributed by atoms with Crippen molar-refractivity contribution >= 4 is 5.88 Å². The lowest BCUT2D eigenvalue weighted by Gasteiger charge is -2.34. The van der Waals surface area contributed by atoms with Gasteiger partial charge in [0.1, 0.15) is 10.7 Å². The Balaban J connectivity index is 1.87. The Bertz CT molecular complexity index is 821. The van der Waals surface area contributed by atoms with Gasteiger partial charge in [0.15, 0.2) is 11.5 Å². The predicted molar refractivity (Wildman–Crippen MR) is 85.7 cm³/mol. The monoisotopic (exact) mass is 328 g/mol. The molecule has 24 heavy (non-hydrogen) atoms. The maximum absolute atomic E-state index is 10.7. The van der Waals surface area contributed by atoms with E-state index in [0.717, 1.165) is 17.5 Å². The van der Waals surface area contributed by atoms with Gasteiger partial charge < -0.3 is 14.3 Å². The number of fused-ring (bicyclic) bond motifs is 1. The third kappa shape index (κ3) is 2.79. The molecule has 1 N–H and O–H groups in total. The summed E-state index contributed by atoms with van der Waals surface area (Å²) in [5.74, 6) is 3.36. The maximum atomic E-state index is 10.7. The molecule has 2 aromatic rings. The minimum absolute atomic E-state index is 0.0342. The zero-order valence-electron chi connectivity index (χ0n) is 13.1. The fourth-order valence-electron chi connectivity index (χ4n) is 2.97. The molecule has 1 aliphatic rings. The Kier molecular flexibility index (Phi) is 4.15. The average Bonchev–Trinajstić information content (AvgIpc) is 3.03. The molecule has 0 saturated carbocycles. The number of phenols is 1. The standard InChI is InChI=1S/C17H16N2O5/c1-3-14-13-9-15(20)16(23-2)8-11(13)6-7-18(14)10-12-4-5-17(24-12)19(21)22/h1,4-5,8-9,14,20H,6-7,10H2,2H3. The van der Waals surface area contributed by atoms with Gasteiger partial charge in [0, 0.05) is 6.54 Å². The van der Waals surface area contributed by atoms with Gasteiger partial charge in [0.05, 0.1) is 25.8 Å². The molecule has 0 radical (unpaired) electrons. The second kappa shape index (κ2) is 6.26. The van der Waals surface area contributed by atoms with Crippen molar-refractivity contribution < 1.29 is 19.2 Å². The van der Waals surface area contributed by atoms with Crippen LogP contribution in [-0.2, 0) is 13.0 Å². The van der Waals surface area contributed by atoms with Gasteiger partial charge in [0.2, 0.25) is 0 Å². The van der Waals surface area contributed by atoms with Crippen LogP contribution >= 0.6 is 0 Å². The van der Waals surface area contributed by atoms with Crippen LogP contribution < -0.4 is 4.74 Å². The number of furan rings is 1. The Morgan fingerprint density at radius 2 is 2.33 bits per heavy atom. The van der Waals surface area contributed by atoms with Crippen LogP contribution in [0.5, 0.6) is 11.5 Å². The minimum Gasteiger partial charge on any atom is -0.504 e. The molecule has 2 heterocycles. The summed E-state index contributed by atoms with van der Waals surface area (Å²) in [5, 5.41) is 20.7. The van der Waals surface area contributed by atoms with Crippen molar-refractivity contribution in [1.82, 2.24) is 4.90 Å². The van der Waals surface area contributed by atoms with Crippen LogP contribution in [0.1, 0.15) is 22.9 Å². The van der Waals surface area contributed by atoms with Crippen LogP contribution in [0.4, 0.5) is 5.88 Å². The second-order valence-corrected chi connectivity index (χ2v) is 5.51. The van der Waals surface area contributed by atoms with Crippen LogP contribution in [-0.4, -0.2) is 28.6 Å². The molecule has 7 nitrogen and oxygen atoms in total. The lowest BCUT2D eigenvalue weighted by atomic mass is 9.92. The first-order valence-electron chi connectivity index (χ1n) is 7.36. The summed E-state index contributed by atoms with van der Waals surface area (Å²) in [6.45, 7) is 1.03. The molecule has 7 heteroatoms. The average molecular weight is 328 g/mol. The number of ether oxygens (including phenoxy) is 1. The molecule has 1 aromatic carbocycles. The van der Waals surface area contributed by atoms with E-state index in [1.165, 1.54) is 13.2 Å². The number of hydrogen-bond donors (Lipinski definition) is 1. The number of phenolic OH excluding ortho intramolecular Hbond substituents is 1. The molecule has 0 saturated heterocycles. The highest BCUT2D eigenvalue weighted by molar-refractivity contribution is 5.50. The first-order chi connectivity index (χ1) is 11.5. The summed E-state index contributed by atoms with van der Waals surface area (Å²) in [4.78, 5) is 12.1. The molecular weight excluding hydrogens is 312 g/mol. The lowest BCUT2D eigenvalue weighted by molar-refractivity contribution is -0.402. The molecule has 0 bridgehead atoms. The van der Waals surface area contributed by atoms with Gasteiger partial charge in [-0.05, 0) is 35.7 Å². The zero-order valence-corrected chi connectivity index (χ0v) is 13.1. The van der Waals surface area contributed by atoms with Crippen molar-refractivity contribution in [2.24, 2.45) is 0 Å². The van der Waals surface area contributed by atoms with Gasteiger partial charge in [-0.25, -0.2) is 0 Å². The Morgan fingerprint density at radius 3 is 2.96 bits per heavy atom. The van der Waals surface area contributed by atoms with E-state index >= 15 is 0 Å². The molecule has 1 aliphatic heterocycles. The summed E-state index contributed by atoms with van der Waals surface area (Å²) in [5.41, 5.74) is 1.86. The molecular formula is C17H16N2O5. The highest BCUT2D eigenvalue weighted by atomic mass is 16.6. The smallest absolute Gasteiger partial charge is 0.433 e. The number of nitrogens with zero attached hydrogens (tertiary/aromatic N) is 2. The predicted octanol–water partition coefficient (Wildman–Crippen LogP) is 2.63. The van der Waals surface area contributed by atoms with Crippen LogP contribution in [0, 0.1) is 22.5 Å². The topological polar surface area (TPSA) is 89.0 Å². The number of aromatic hydroxyl groups is 1. The van der Waals surface area contributed by atoms with E-state index < -0.39 is 4.92 Å². The fraction of sp³-hybridized carbons (Fsp3) is 0.294. The van der Waals surface area contributed by atoms with Crippen LogP contribution in [0.25, 0.3) is 0 Å². The van der Waals surface area contributed by atoms with Gasteiger partial charge in [-0.2, -0.15) is 0 Å². The molecule has 124 valence electrons. The van der Waals surface area contributed by atoms with Gasteiger partial charge in [-0.1, -0.05) is 5.92 Å². The summed E-state index contributed by atoms with van der Waals surface area (Å²) in [6.07, 6.45) is 6.42. The highest BCUT2D eigenvalue weighted by Crippen LogP contribution is 2.38. The molecule has 1 unspecified atom stereocenters. The van der Waals surface area contributed by atoms with Crippen molar-refractivity contribution in [3.63, 3.8) is 0 Å². The third-order valence-corrected chi connectivity index (χ3v) is 4.11. The Labute approximate surface area is 138 Å². The van der Waals surface area contributed by atoms with Gasteiger partial charge >= 0.3 is 5.88 Å². The van der Waals surface area contributed by atoms with E-state index in [1.807, 2.05) is 4.90 Å². The van der Waals surface area contributed by atoms with E-state index in [0.29, 0.717) is 24.6 Å². The first kappa shape index (κ1) is 15.9. The lowest BCUT2D eigenvalue weighted by Crippen LogP contribution is -2.34.